The van der Waals surface area contributed by atoms with E-state index >= 15 is 0 Å². The van der Waals surface area contributed by atoms with Crippen LogP contribution in [-0.4, -0.2) is 26.3 Å². The predicted octanol–water partition coefficient (Wildman–Crippen LogP) is 4.56. The van der Waals surface area contributed by atoms with Gasteiger partial charge in [0.15, 0.2) is 0 Å². The van der Waals surface area contributed by atoms with Crippen molar-refractivity contribution in [1.29, 1.82) is 0 Å². The first-order valence-electron chi connectivity index (χ1n) is 12.7. The molecule has 7 rings (SSSR count). The molecule has 0 saturated heterocycles. The summed E-state index contributed by atoms with van der Waals surface area (Å²) >= 11 is 0. The number of benzene rings is 1. The third-order valence-electron chi connectivity index (χ3n) is 9.17. The Morgan fingerprint density at radius 3 is 2.39 bits per heavy atom. The highest BCUT2D eigenvalue weighted by molar-refractivity contribution is 6.08. The fraction of sp³-hybridized carbons (Fsp3) is 0.593. The van der Waals surface area contributed by atoms with E-state index in [2.05, 4.69) is 17.3 Å². The summed E-state index contributed by atoms with van der Waals surface area (Å²) in [6.07, 6.45) is 10.4. The zero-order chi connectivity index (χ0) is 22.9. The molecule has 1 N–H and O–H groups in total. The summed E-state index contributed by atoms with van der Waals surface area (Å²) in [5.74, 6) is 2.59. The van der Waals surface area contributed by atoms with Gasteiger partial charge in [-0.05, 0) is 81.1 Å². The third-order valence-corrected chi connectivity index (χ3v) is 9.17. The molecule has 0 unspecified atom stereocenters. The number of nitrogens with one attached hydrogen (secondary N) is 1. The van der Waals surface area contributed by atoms with Crippen molar-refractivity contribution < 1.29 is 4.79 Å². The maximum Gasteiger partial charge on any atom is 0.291 e. The van der Waals surface area contributed by atoms with Gasteiger partial charge in [0.1, 0.15) is 11.6 Å². The maximum atomic E-state index is 13.8. The molecule has 4 aliphatic carbocycles. The highest BCUT2D eigenvalue weighted by Gasteiger charge is 2.53. The van der Waals surface area contributed by atoms with Crippen LogP contribution in [0.25, 0.3) is 21.8 Å². The summed E-state index contributed by atoms with van der Waals surface area (Å²) in [6.45, 7) is 4.26. The van der Waals surface area contributed by atoms with Crippen molar-refractivity contribution in [3.8, 4) is 0 Å². The second-order valence-electron chi connectivity index (χ2n) is 11.2. The van der Waals surface area contributed by atoms with Crippen LogP contribution in [0.2, 0.25) is 0 Å². The number of fused-ring (bicyclic) bond motifs is 3. The van der Waals surface area contributed by atoms with Crippen molar-refractivity contribution in [2.24, 2.45) is 30.2 Å². The summed E-state index contributed by atoms with van der Waals surface area (Å²) in [4.78, 5) is 27.0. The van der Waals surface area contributed by atoms with Crippen LogP contribution in [0.4, 0.5) is 0 Å². The first-order chi connectivity index (χ1) is 15.9. The molecule has 4 saturated carbocycles. The molecular weight excluding hydrogens is 412 g/mol. The van der Waals surface area contributed by atoms with Crippen LogP contribution in [0.15, 0.2) is 35.3 Å². The number of para-hydroxylation sites is 1. The Morgan fingerprint density at radius 2 is 1.76 bits per heavy atom. The molecule has 4 aliphatic rings. The number of hydrogen-bond acceptors (Lipinski definition) is 3. The molecule has 4 bridgehead atoms. The molecule has 2 atom stereocenters. The number of amides is 1. The molecule has 2 aromatic heterocycles. The van der Waals surface area contributed by atoms with Crippen molar-refractivity contribution in [3.05, 3.63) is 40.8 Å². The molecule has 0 spiro atoms. The van der Waals surface area contributed by atoms with Crippen molar-refractivity contribution >= 4 is 27.7 Å². The third kappa shape index (κ3) is 3.09. The first-order valence-corrected chi connectivity index (χ1v) is 12.7. The van der Waals surface area contributed by atoms with Crippen LogP contribution in [-0.2, 0) is 11.8 Å². The minimum absolute atomic E-state index is 0.0299. The average Bonchev–Trinajstić information content (AvgIpc) is 3.11. The van der Waals surface area contributed by atoms with Gasteiger partial charge in [-0.15, -0.1) is 0 Å². The van der Waals surface area contributed by atoms with Gasteiger partial charge in [-0.25, -0.2) is 4.68 Å². The molecule has 0 radical (unpaired) electrons. The Morgan fingerprint density at radius 1 is 1.12 bits per heavy atom. The van der Waals surface area contributed by atoms with Crippen molar-refractivity contribution in [2.75, 3.05) is 0 Å². The van der Waals surface area contributed by atoms with E-state index in [-0.39, 0.29) is 22.9 Å². The first kappa shape index (κ1) is 20.9. The smallest absolute Gasteiger partial charge is 0.291 e. The molecule has 1 aromatic carbocycles. The van der Waals surface area contributed by atoms with E-state index in [1.807, 2.05) is 35.8 Å². The minimum Gasteiger partial charge on any atom is -0.351 e. The van der Waals surface area contributed by atoms with Gasteiger partial charge >= 0.3 is 0 Å². The SMILES string of the molecule is CC[C@H](C(=O)N[C@H](C)C12CC3CC(CC(C3)C1)C2)n1c2ccccc2c2cnn(C)c(=O)c21. The van der Waals surface area contributed by atoms with Gasteiger partial charge in [0.25, 0.3) is 5.56 Å². The standard InChI is InChI=1S/C27H34N4O2/c1-4-22(25(32)29-16(2)27-12-17-9-18(13-27)11-19(10-17)14-27)31-23-8-6-5-7-20(23)21-15-28-30(3)26(33)24(21)31/h5-8,15-19,22H,4,9-14H2,1-3H3,(H,29,32)/t16-,17?,18?,19?,22-,27?/m1/s1. The monoisotopic (exact) mass is 446 g/mol. The van der Waals surface area contributed by atoms with Gasteiger partial charge in [0.2, 0.25) is 5.91 Å². The molecule has 6 heteroatoms. The van der Waals surface area contributed by atoms with Crippen LogP contribution in [0.5, 0.6) is 0 Å². The van der Waals surface area contributed by atoms with Crippen LogP contribution >= 0.6 is 0 Å². The second kappa shape index (κ2) is 7.44. The number of nitrogens with zero attached hydrogens (tertiary/aromatic N) is 3. The normalized spacial score (nSPS) is 30.1. The van der Waals surface area contributed by atoms with Crippen molar-refractivity contribution in [3.63, 3.8) is 0 Å². The zero-order valence-corrected chi connectivity index (χ0v) is 19.9. The summed E-state index contributed by atoms with van der Waals surface area (Å²) in [5.41, 5.74) is 1.58. The number of carbonyl (C=O) groups is 1. The van der Waals surface area contributed by atoms with E-state index in [0.29, 0.717) is 11.9 Å². The summed E-state index contributed by atoms with van der Waals surface area (Å²) in [6, 6.07) is 7.69. The molecule has 0 aliphatic heterocycles. The maximum absolute atomic E-state index is 13.8. The molecule has 33 heavy (non-hydrogen) atoms. The summed E-state index contributed by atoms with van der Waals surface area (Å²) in [5, 5.41) is 9.48. The lowest BCUT2D eigenvalue weighted by Gasteiger charge is -2.59. The van der Waals surface area contributed by atoms with E-state index in [4.69, 9.17) is 0 Å². The van der Waals surface area contributed by atoms with Crippen LogP contribution in [0, 0.1) is 23.2 Å². The van der Waals surface area contributed by atoms with Crippen molar-refractivity contribution in [2.45, 2.75) is 70.9 Å². The minimum atomic E-state index is -0.432. The Balaban J connectivity index is 1.38. The molecule has 174 valence electrons. The molecule has 3 aromatic rings. The number of rotatable bonds is 5. The number of aryl methyl sites for hydroxylation is 1. The highest BCUT2D eigenvalue weighted by atomic mass is 16.2. The van der Waals surface area contributed by atoms with E-state index in [1.54, 1.807) is 13.2 Å². The van der Waals surface area contributed by atoms with Crippen molar-refractivity contribution in [1.82, 2.24) is 19.7 Å². The predicted molar refractivity (Wildman–Crippen MR) is 130 cm³/mol. The zero-order valence-electron chi connectivity index (χ0n) is 19.9. The molecule has 1 amide bonds. The fourth-order valence-corrected chi connectivity index (χ4v) is 7.97. The average molecular weight is 447 g/mol. The lowest BCUT2D eigenvalue weighted by molar-refractivity contribution is -0.129. The topological polar surface area (TPSA) is 68.9 Å². The second-order valence-corrected chi connectivity index (χ2v) is 11.2. The highest BCUT2D eigenvalue weighted by Crippen LogP contribution is 2.61. The van der Waals surface area contributed by atoms with Gasteiger partial charge in [0, 0.05) is 23.9 Å². The number of hydrogen-bond donors (Lipinski definition) is 1. The Labute approximate surface area is 194 Å². The molecule has 4 fully saturated rings. The van der Waals surface area contributed by atoms with E-state index in [9.17, 15) is 9.59 Å². The molecule has 6 nitrogen and oxygen atoms in total. The summed E-state index contributed by atoms with van der Waals surface area (Å²) < 4.78 is 3.33. The van der Waals surface area contributed by atoms with E-state index in [1.165, 1.54) is 43.2 Å². The van der Waals surface area contributed by atoms with E-state index in [0.717, 1.165) is 34.0 Å². The van der Waals surface area contributed by atoms with Gasteiger partial charge in [-0.3, -0.25) is 9.59 Å². The lowest BCUT2D eigenvalue weighted by Crippen LogP contribution is -2.56. The van der Waals surface area contributed by atoms with Gasteiger partial charge in [-0.1, -0.05) is 25.1 Å². The van der Waals surface area contributed by atoms with Gasteiger partial charge < -0.3 is 9.88 Å². The van der Waals surface area contributed by atoms with E-state index < -0.39 is 6.04 Å². The molecule has 2 heterocycles. The largest absolute Gasteiger partial charge is 0.351 e. The quantitative estimate of drug-likeness (QED) is 0.625. The van der Waals surface area contributed by atoms with Gasteiger partial charge in [-0.2, -0.15) is 5.10 Å². The summed E-state index contributed by atoms with van der Waals surface area (Å²) in [7, 11) is 1.67. The Kier molecular flexibility index (Phi) is 4.72. The Hall–Kier alpha value is -2.63. The van der Waals surface area contributed by atoms with Crippen LogP contribution < -0.4 is 10.9 Å². The lowest BCUT2D eigenvalue weighted by atomic mass is 9.48. The van der Waals surface area contributed by atoms with Crippen LogP contribution in [0.3, 0.4) is 0 Å². The van der Waals surface area contributed by atoms with Crippen LogP contribution in [0.1, 0.15) is 64.8 Å². The number of aromatic nitrogens is 3. The van der Waals surface area contributed by atoms with Gasteiger partial charge in [0.05, 0.1) is 11.7 Å². The molecular formula is C27H34N4O2. The Bertz CT molecular complexity index is 1270. The number of carbonyl (C=O) groups excluding carboxylic acids is 1. The fourth-order valence-electron chi connectivity index (χ4n) is 7.97.